The average Bonchev–Trinajstić information content (AvgIpc) is 2.99. The van der Waals surface area contributed by atoms with E-state index in [1.807, 2.05) is 12.3 Å². The first-order valence-corrected chi connectivity index (χ1v) is 7.48. The predicted molar refractivity (Wildman–Crippen MR) is 81.6 cm³/mol. The van der Waals surface area contributed by atoms with Gasteiger partial charge in [-0.15, -0.1) is 0 Å². The van der Waals surface area contributed by atoms with Crippen molar-refractivity contribution < 1.29 is 0 Å². The number of benzene rings is 1. The lowest BCUT2D eigenvalue weighted by molar-refractivity contribution is 0.440. The van der Waals surface area contributed by atoms with Crippen molar-refractivity contribution >= 4 is 12.2 Å². The van der Waals surface area contributed by atoms with E-state index in [0.717, 1.165) is 23.2 Å². The maximum absolute atomic E-state index is 5.44. The van der Waals surface area contributed by atoms with Gasteiger partial charge in [0.05, 0.1) is 5.69 Å². The normalized spacial score (nSPS) is 22.8. The lowest BCUT2D eigenvalue weighted by atomic mass is 10.1. The molecule has 1 aliphatic carbocycles. The van der Waals surface area contributed by atoms with Crippen LogP contribution in [0.3, 0.4) is 0 Å². The third-order valence-electron chi connectivity index (χ3n) is 4.18. The molecule has 1 aromatic heterocycles. The van der Waals surface area contributed by atoms with Crippen molar-refractivity contribution in [2.75, 3.05) is 0 Å². The topological polar surface area (TPSA) is 20.7 Å². The second-order valence-electron chi connectivity index (χ2n) is 5.74. The number of aromatic nitrogens is 2. The van der Waals surface area contributed by atoms with Crippen LogP contribution in [-0.2, 0) is 6.54 Å². The molecule has 3 heteroatoms. The molecule has 0 spiro atoms. The highest BCUT2D eigenvalue weighted by Crippen LogP contribution is 2.32. The van der Waals surface area contributed by atoms with E-state index in [0.29, 0.717) is 0 Å². The van der Waals surface area contributed by atoms with Crippen molar-refractivity contribution in [3.8, 4) is 11.3 Å². The van der Waals surface area contributed by atoms with Crippen LogP contribution in [0, 0.1) is 16.6 Å². The first-order valence-electron chi connectivity index (χ1n) is 7.07. The second-order valence-corrected chi connectivity index (χ2v) is 6.13. The van der Waals surface area contributed by atoms with Crippen molar-refractivity contribution in [2.45, 2.75) is 32.7 Å². The Hall–Kier alpha value is -1.35. The minimum Gasteiger partial charge on any atom is -0.337 e. The zero-order chi connectivity index (χ0) is 13.2. The Balaban J connectivity index is 1.89. The summed E-state index contributed by atoms with van der Waals surface area (Å²) in [6.07, 6.45) is 6.07. The molecular formula is C16H20N2S. The third-order valence-corrected chi connectivity index (χ3v) is 4.52. The standard InChI is InChI=1S/C16H20N2S/c1-12-7-8-13(9-12)11-18-15(10-17-16(18)19)14-5-3-2-4-6-14/h2-6,10,12-13H,7-9,11H2,1H3,(H,17,19). The molecule has 1 fully saturated rings. The lowest BCUT2D eigenvalue weighted by Crippen LogP contribution is -2.09. The molecule has 2 aromatic rings. The van der Waals surface area contributed by atoms with Gasteiger partial charge < -0.3 is 9.55 Å². The summed E-state index contributed by atoms with van der Waals surface area (Å²) in [5.74, 6) is 1.65. The van der Waals surface area contributed by atoms with Crippen LogP contribution in [0.15, 0.2) is 36.5 Å². The number of aromatic amines is 1. The number of H-pyrrole nitrogens is 1. The fraction of sp³-hybridized carbons (Fsp3) is 0.438. The van der Waals surface area contributed by atoms with E-state index in [4.69, 9.17) is 12.2 Å². The van der Waals surface area contributed by atoms with Crippen LogP contribution in [-0.4, -0.2) is 9.55 Å². The summed E-state index contributed by atoms with van der Waals surface area (Å²) in [5, 5.41) is 0. The summed E-state index contributed by atoms with van der Waals surface area (Å²) in [6, 6.07) is 10.5. The van der Waals surface area contributed by atoms with Gasteiger partial charge in [0.25, 0.3) is 0 Å². The van der Waals surface area contributed by atoms with Gasteiger partial charge in [-0.25, -0.2) is 0 Å². The van der Waals surface area contributed by atoms with Crippen molar-refractivity contribution in [1.29, 1.82) is 0 Å². The Morgan fingerprint density at radius 1 is 1.26 bits per heavy atom. The molecule has 1 N–H and O–H groups in total. The minimum atomic E-state index is 0.778. The van der Waals surface area contributed by atoms with Crippen molar-refractivity contribution in [2.24, 2.45) is 11.8 Å². The van der Waals surface area contributed by atoms with E-state index in [-0.39, 0.29) is 0 Å². The Kier molecular flexibility index (Phi) is 3.56. The van der Waals surface area contributed by atoms with Gasteiger partial charge in [0.15, 0.2) is 4.77 Å². The monoisotopic (exact) mass is 272 g/mol. The van der Waals surface area contributed by atoms with Gasteiger partial charge >= 0.3 is 0 Å². The number of nitrogens with zero attached hydrogens (tertiary/aromatic N) is 1. The molecule has 19 heavy (non-hydrogen) atoms. The van der Waals surface area contributed by atoms with Crippen molar-refractivity contribution in [1.82, 2.24) is 9.55 Å². The highest BCUT2D eigenvalue weighted by molar-refractivity contribution is 7.71. The van der Waals surface area contributed by atoms with E-state index in [2.05, 4.69) is 40.7 Å². The van der Waals surface area contributed by atoms with Gasteiger partial charge in [0.1, 0.15) is 0 Å². The predicted octanol–water partition coefficient (Wildman–Crippen LogP) is 4.65. The first-order chi connectivity index (χ1) is 9.24. The van der Waals surface area contributed by atoms with E-state index >= 15 is 0 Å². The van der Waals surface area contributed by atoms with Crippen molar-refractivity contribution in [3.05, 3.63) is 41.3 Å². The summed E-state index contributed by atoms with van der Waals surface area (Å²) in [5.41, 5.74) is 2.45. The molecule has 1 aliphatic rings. The van der Waals surface area contributed by atoms with Gasteiger partial charge in [-0.05, 0) is 42.5 Å². The molecule has 1 heterocycles. The van der Waals surface area contributed by atoms with Gasteiger partial charge in [0, 0.05) is 12.7 Å². The maximum atomic E-state index is 5.44. The van der Waals surface area contributed by atoms with Crippen LogP contribution in [0.5, 0.6) is 0 Å². The van der Waals surface area contributed by atoms with Crippen LogP contribution in [0.2, 0.25) is 0 Å². The van der Waals surface area contributed by atoms with E-state index < -0.39 is 0 Å². The largest absolute Gasteiger partial charge is 0.337 e. The highest BCUT2D eigenvalue weighted by Gasteiger charge is 2.22. The molecule has 2 nitrogen and oxygen atoms in total. The van der Waals surface area contributed by atoms with Gasteiger partial charge in [0.2, 0.25) is 0 Å². The van der Waals surface area contributed by atoms with Crippen LogP contribution in [0.4, 0.5) is 0 Å². The van der Waals surface area contributed by atoms with Gasteiger partial charge in [-0.3, -0.25) is 0 Å². The molecule has 1 aromatic carbocycles. The lowest BCUT2D eigenvalue weighted by Gasteiger charge is -2.13. The fourth-order valence-electron chi connectivity index (χ4n) is 3.17. The van der Waals surface area contributed by atoms with Crippen LogP contribution >= 0.6 is 12.2 Å². The minimum absolute atomic E-state index is 0.778. The summed E-state index contributed by atoms with van der Waals surface area (Å²) in [4.78, 5) is 3.20. The van der Waals surface area contributed by atoms with E-state index in [9.17, 15) is 0 Å². The Morgan fingerprint density at radius 2 is 2.05 bits per heavy atom. The number of nitrogens with one attached hydrogen (secondary N) is 1. The summed E-state index contributed by atoms with van der Waals surface area (Å²) in [6.45, 7) is 3.41. The maximum Gasteiger partial charge on any atom is 0.177 e. The number of hydrogen-bond donors (Lipinski definition) is 1. The Morgan fingerprint density at radius 3 is 2.74 bits per heavy atom. The molecule has 0 saturated heterocycles. The molecule has 2 unspecified atom stereocenters. The molecular weight excluding hydrogens is 252 g/mol. The van der Waals surface area contributed by atoms with Crippen LogP contribution in [0.25, 0.3) is 11.3 Å². The third kappa shape index (κ3) is 2.66. The number of rotatable bonds is 3. The van der Waals surface area contributed by atoms with Gasteiger partial charge in [-0.1, -0.05) is 43.7 Å². The summed E-state index contributed by atoms with van der Waals surface area (Å²) < 4.78 is 3.12. The summed E-state index contributed by atoms with van der Waals surface area (Å²) >= 11 is 5.44. The second kappa shape index (κ2) is 5.33. The number of imidazole rings is 1. The SMILES string of the molecule is CC1CCC(Cn2c(-c3ccccc3)c[nH]c2=S)C1. The van der Waals surface area contributed by atoms with E-state index in [1.165, 1.54) is 30.5 Å². The first kappa shape index (κ1) is 12.7. The Labute approximate surface area is 119 Å². The molecule has 3 rings (SSSR count). The molecule has 100 valence electrons. The number of hydrogen-bond acceptors (Lipinski definition) is 1. The van der Waals surface area contributed by atoms with Crippen molar-refractivity contribution in [3.63, 3.8) is 0 Å². The summed E-state index contributed by atoms with van der Waals surface area (Å²) in [7, 11) is 0. The van der Waals surface area contributed by atoms with Crippen LogP contribution in [0.1, 0.15) is 26.2 Å². The zero-order valence-corrected chi connectivity index (χ0v) is 12.1. The molecule has 1 saturated carbocycles. The highest BCUT2D eigenvalue weighted by atomic mass is 32.1. The Bertz CT molecular complexity index is 597. The molecule has 2 atom stereocenters. The zero-order valence-electron chi connectivity index (χ0n) is 11.3. The van der Waals surface area contributed by atoms with Crippen LogP contribution < -0.4 is 0 Å². The smallest absolute Gasteiger partial charge is 0.177 e. The average molecular weight is 272 g/mol. The van der Waals surface area contributed by atoms with E-state index in [1.54, 1.807) is 0 Å². The van der Waals surface area contributed by atoms with Gasteiger partial charge in [-0.2, -0.15) is 0 Å². The molecule has 0 radical (unpaired) electrons. The molecule has 0 amide bonds. The molecule has 0 bridgehead atoms. The molecule has 0 aliphatic heterocycles. The fourth-order valence-corrected chi connectivity index (χ4v) is 3.41. The quantitative estimate of drug-likeness (QED) is 0.807.